The van der Waals surface area contributed by atoms with E-state index in [-0.39, 0.29) is 4.83 Å². The van der Waals surface area contributed by atoms with Crippen molar-refractivity contribution in [2.24, 2.45) is 0 Å². The maximum Gasteiger partial charge on any atom is 0.147 e. The van der Waals surface area contributed by atoms with Gasteiger partial charge in [-0.05, 0) is 44.0 Å². The minimum atomic E-state index is 0.273. The lowest BCUT2D eigenvalue weighted by atomic mass is 10.3. The molecule has 0 aliphatic heterocycles. The SMILES string of the molecule is CC(Br)C(Br)COc1c(Br)cc(Br)cc1Br. The normalized spacial score (nSPS) is 14.6. The second kappa shape index (κ2) is 7.12. The van der Waals surface area contributed by atoms with Crippen molar-refractivity contribution >= 4 is 79.6 Å². The standard InChI is InChI=1S/C10H9Br5O/c1-5(11)9(15)4-16-10-7(13)2-6(12)3-8(10)14/h2-3,5,9H,4H2,1H3. The van der Waals surface area contributed by atoms with Gasteiger partial charge in [0.25, 0.3) is 0 Å². The van der Waals surface area contributed by atoms with Crippen LogP contribution in [0.1, 0.15) is 6.92 Å². The predicted molar refractivity (Wildman–Crippen MR) is 86.1 cm³/mol. The minimum Gasteiger partial charge on any atom is -0.490 e. The molecule has 0 spiro atoms. The van der Waals surface area contributed by atoms with E-state index in [0.29, 0.717) is 11.4 Å². The summed E-state index contributed by atoms with van der Waals surface area (Å²) in [4.78, 5) is 0.635. The van der Waals surface area contributed by atoms with Crippen LogP contribution in [0, 0.1) is 0 Å². The molecule has 0 heterocycles. The third-order valence-corrected chi connectivity index (χ3v) is 5.89. The largest absolute Gasteiger partial charge is 0.490 e. The van der Waals surface area contributed by atoms with Crippen molar-refractivity contribution < 1.29 is 4.74 Å². The molecule has 0 saturated heterocycles. The first kappa shape index (κ1) is 15.5. The molecule has 0 saturated carbocycles. The summed E-state index contributed by atoms with van der Waals surface area (Å²) in [6.45, 7) is 2.68. The Morgan fingerprint density at radius 2 is 1.62 bits per heavy atom. The van der Waals surface area contributed by atoms with Crippen LogP contribution in [0.5, 0.6) is 5.75 Å². The lowest BCUT2D eigenvalue weighted by Gasteiger charge is -2.15. The van der Waals surface area contributed by atoms with Crippen molar-refractivity contribution in [1.29, 1.82) is 0 Å². The van der Waals surface area contributed by atoms with Gasteiger partial charge in [0.2, 0.25) is 0 Å². The molecule has 6 heteroatoms. The van der Waals surface area contributed by atoms with Crippen LogP contribution in [0.25, 0.3) is 0 Å². The predicted octanol–water partition coefficient (Wildman–Crippen LogP) is 5.90. The Morgan fingerprint density at radius 1 is 1.12 bits per heavy atom. The molecule has 0 N–H and O–H groups in total. The van der Waals surface area contributed by atoms with Crippen molar-refractivity contribution in [3.63, 3.8) is 0 Å². The Hall–Kier alpha value is 1.42. The number of hydrogen-bond acceptors (Lipinski definition) is 1. The highest BCUT2D eigenvalue weighted by Crippen LogP contribution is 2.36. The Balaban J connectivity index is 2.74. The van der Waals surface area contributed by atoms with Gasteiger partial charge in [-0.25, -0.2) is 0 Å². The average molecular weight is 545 g/mol. The number of rotatable bonds is 4. The maximum absolute atomic E-state index is 5.75. The van der Waals surface area contributed by atoms with E-state index in [2.05, 4.69) is 86.6 Å². The Kier molecular flexibility index (Phi) is 6.89. The fourth-order valence-corrected chi connectivity index (χ4v) is 3.73. The Morgan fingerprint density at radius 3 is 2.06 bits per heavy atom. The Bertz CT molecular complexity index is 343. The van der Waals surface area contributed by atoms with E-state index in [4.69, 9.17) is 4.74 Å². The van der Waals surface area contributed by atoms with Gasteiger partial charge in [0.05, 0.1) is 13.8 Å². The van der Waals surface area contributed by atoms with E-state index in [9.17, 15) is 0 Å². The average Bonchev–Trinajstić information content (AvgIpc) is 2.15. The monoisotopic (exact) mass is 540 g/mol. The van der Waals surface area contributed by atoms with E-state index in [0.717, 1.165) is 19.2 Å². The maximum atomic E-state index is 5.75. The molecule has 2 atom stereocenters. The second-order valence-electron chi connectivity index (χ2n) is 3.20. The second-order valence-corrected chi connectivity index (χ2v) is 8.45. The van der Waals surface area contributed by atoms with E-state index in [1.54, 1.807) is 0 Å². The van der Waals surface area contributed by atoms with Crippen molar-refractivity contribution in [2.45, 2.75) is 16.6 Å². The van der Waals surface area contributed by atoms with Crippen molar-refractivity contribution in [1.82, 2.24) is 0 Å². The zero-order valence-corrected chi connectivity index (χ0v) is 16.2. The zero-order valence-electron chi connectivity index (χ0n) is 8.31. The van der Waals surface area contributed by atoms with Crippen LogP contribution in [0.3, 0.4) is 0 Å². The molecule has 1 nitrogen and oxygen atoms in total. The van der Waals surface area contributed by atoms with E-state index in [1.165, 1.54) is 0 Å². The fourth-order valence-electron chi connectivity index (χ4n) is 0.962. The molecule has 1 aromatic carbocycles. The molecule has 1 rings (SSSR count). The lowest BCUT2D eigenvalue weighted by Crippen LogP contribution is -2.19. The van der Waals surface area contributed by atoms with Gasteiger partial charge in [-0.15, -0.1) is 0 Å². The van der Waals surface area contributed by atoms with Crippen LogP contribution in [0.15, 0.2) is 25.6 Å². The topological polar surface area (TPSA) is 9.23 Å². The van der Waals surface area contributed by atoms with E-state index < -0.39 is 0 Å². The Labute approximate surface area is 137 Å². The van der Waals surface area contributed by atoms with Crippen LogP contribution in [0.2, 0.25) is 0 Å². The summed E-state index contributed by atoms with van der Waals surface area (Å²) in [5, 5.41) is 0. The first-order valence-corrected chi connectivity index (χ1v) is 8.68. The van der Waals surface area contributed by atoms with Gasteiger partial charge in [-0.1, -0.05) is 54.7 Å². The molecule has 2 unspecified atom stereocenters. The van der Waals surface area contributed by atoms with E-state index >= 15 is 0 Å². The van der Waals surface area contributed by atoms with Gasteiger partial charge in [0, 0.05) is 9.30 Å². The van der Waals surface area contributed by atoms with Crippen LogP contribution in [-0.4, -0.2) is 16.3 Å². The smallest absolute Gasteiger partial charge is 0.147 e. The summed E-state index contributed by atoms with van der Waals surface area (Å²) in [5.41, 5.74) is 0. The van der Waals surface area contributed by atoms with Crippen LogP contribution < -0.4 is 4.74 Å². The fraction of sp³-hybridized carbons (Fsp3) is 0.400. The van der Waals surface area contributed by atoms with Gasteiger partial charge in [0.1, 0.15) is 12.4 Å². The van der Waals surface area contributed by atoms with Gasteiger partial charge in [-0.2, -0.15) is 0 Å². The molecular formula is C10H9Br5O. The number of halogens is 5. The first-order valence-electron chi connectivity index (χ1n) is 4.47. The van der Waals surface area contributed by atoms with Crippen LogP contribution in [0.4, 0.5) is 0 Å². The highest BCUT2D eigenvalue weighted by molar-refractivity contribution is 9.12. The first-order chi connectivity index (χ1) is 7.41. The number of alkyl halides is 2. The highest BCUT2D eigenvalue weighted by atomic mass is 79.9. The molecule has 16 heavy (non-hydrogen) atoms. The van der Waals surface area contributed by atoms with Gasteiger partial charge in [0.15, 0.2) is 0 Å². The molecule has 0 bridgehead atoms. The third kappa shape index (κ3) is 4.59. The molecular weight excluding hydrogens is 536 g/mol. The molecule has 90 valence electrons. The summed E-state index contributed by atoms with van der Waals surface area (Å²) in [5.74, 6) is 0.820. The zero-order chi connectivity index (χ0) is 12.3. The highest BCUT2D eigenvalue weighted by Gasteiger charge is 2.14. The van der Waals surface area contributed by atoms with Crippen molar-refractivity contribution in [3.05, 3.63) is 25.6 Å². The molecule has 0 amide bonds. The third-order valence-electron chi connectivity index (χ3n) is 1.85. The number of hydrogen-bond donors (Lipinski definition) is 0. The van der Waals surface area contributed by atoms with Crippen LogP contribution in [-0.2, 0) is 0 Å². The molecule has 0 aliphatic carbocycles. The van der Waals surface area contributed by atoms with E-state index in [1.807, 2.05) is 12.1 Å². The minimum absolute atomic E-state index is 0.273. The van der Waals surface area contributed by atoms with Crippen LogP contribution >= 0.6 is 79.6 Å². The van der Waals surface area contributed by atoms with Gasteiger partial charge >= 0.3 is 0 Å². The number of ether oxygens (including phenoxy) is 1. The summed E-state index contributed by atoms with van der Waals surface area (Å²) in [6, 6.07) is 3.92. The quantitative estimate of drug-likeness (QED) is 0.429. The summed E-state index contributed by atoms with van der Waals surface area (Å²) in [7, 11) is 0. The van der Waals surface area contributed by atoms with Gasteiger partial charge in [-0.3, -0.25) is 0 Å². The summed E-state index contributed by atoms with van der Waals surface area (Å²) in [6.07, 6.45) is 0. The molecule has 0 fully saturated rings. The van der Waals surface area contributed by atoms with Crippen molar-refractivity contribution in [3.8, 4) is 5.75 Å². The lowest BCUT2D eigenvalue weighted by molar-refractivity contribution is 0.315. The summed E-state index contributed by atoms with van der Waals surface area (Å²) >= 11 is 17.4. The molecule has 1 aromatic rings. The summed E-state index contributed by atoms with van der Waals surface area (Å²) < 4.78 is 8.61. The molecule has 0 radical (unpaired) electrons. The molecule has 0 aliphatic rings. The van der Waals surface area contributed by atoms with Crippen molar-refractivity contribution in [2.75, 3.05) is 6.61 Å². The van der Waals surface area contributed by atoms with Gasteiger partial charge < -0.3 is 4.74 Å². The number of benzene rings is 1. The molecule has 0 aromatic heterocycles.